The number of likely N-dealkylation sites (tertiary alicyclic amines) is 1. The van der Waals surface area contributed by atoms with Gasteiger partial charge in [0.05, 0.1) is 5.75 Å². The van der Waals surface area contributed by atoms with Gasteiger partial charge in [0, 0.05) is 29.7 Å². The minimum absolute atomic E-state index is 0.191. The van der Waals surface area contributed by atoms with Crippen LogP contribution in [0.1, 0.15) is 33.1 Å². The molecule has 25 heavy (non-hydrogen) atoms. The number of carbonyl (C=O) groups is 1. The fourth-order valence-electron chi connectivity index (χ4n) is 3.17. The summed E-state index contributed by atoms with van der Waals surface area (Å²) in [6.45, 7) is 5.81. The smallest absolute Gasteiger partial charge is 0.233 e. The molecule has 1 saturated heterocycles. The van der Waals surface area contributed by atoms with Crippen molar-refractivity contribution in [2.75, 3.05) is 12.3 Å². The maximum Gasteiger partial charge on any atom is 0.233 e. The molecule has 5 nitrogen and oxygen atoms in total. The fourth-order valence-corrected chi connectivity index (χ4v) is 4.19. The lowest BCUT2D eigenvalue weighted by atomic mass is 10.0. The summed E-state index contributed by atoms with van der Waals surface area (Å²) < 4.78 is 2.04. The average Bonchev–Trinajstić information content (AvgIpc) is 3.03. The van der Waals surface area contributed by atoms with Crippen LogP contribution in [-0.4, -0.2) is 43.9 Å². The summed E-state index contributed by atoms with van der Waals surface area (Å²) >= 11 is 7.43. The van der Waals surface area contributed by atoms with Crippen LogP contribution in [-0.2, 0) is 11.3 Å². The molecule has 1 aromatic carbocycles. The Kier molecular flexibility index (Phi) is 6.02. The minimum Gasteiger partial charge on any atom is -0.339 e. The van der Waals surface area contributed by atoms with Gasteiger partial charge in [-0.1, -0.05) is 23.4 Å². The maximum absolute atomic E-state index is 12.5. The number of hydrogen-bond donors (Lipinski definition) is 0. The Balaban J connectivity index is 1.70. The largest absolute Gasteiger partial charge is 0.339 e. The van der Waals surface area contributed by atoms with Crippen LogP contribution in [0.2, 0.25) is 5.02 Å². The van der Waals surface area contributed by atoms with E-state index in [-0.39, 0.29) is 5.91 Å². The van der Waals surface area contributed by atoms with E-state index in [1.54, 1.807) is 0 Å². The van der Waals surface area contributed by atoms with Crippen molar-refractivity contribution < 1.29 is 4.79 Å². The second-order valence-electron chi connectivity index (χ2n) is 6.28. The molecule has 0 unspecified atom stereocenters. The number of benzene rings is 1. The van der Waals surface area contributed by atoms with E-state index in [9.17, 15) is 4.79 Å². The number of hydrogen-bond acceptors (Lipinski definition) is 4. The molecule has 2 heterocycles. The topological polar surface area (TPSA) is 51.0 Å². The highest BCUT2D eigenvalue weighted by Crippen LogP contribution is 2.26. The number of rotatable bonds is 5. The first-order chi connectivity index (χ1) is 12.1. The molecule has 7 heteroatoms. The van der Waals surface area contributed by atoms with Crippen LogP contribution in [0, 0.1) is 0 Å². The van der Waals surface area contributed by atoms with Crippen molar-refractivity contribution in [2.45, 2.75) is 50.9 Å². The molecule has 0 N–H and O–H groups in total. The Morgan fingerprint density at radius 3 is 2.72 bits per heavy atom. The van der Waals surface area contributed by atoms with E-state index >= 15 is 0 Å². The van der Waals surface area contributed by atoms with E-state index in [1.165, 1.54) is 18.2 Å². The van der Waals surface area contributed by atoms with Crippen LogP contribution in [0.4, 0.5) is 0 Å². The van der Waals surface area contributed by atoms with Crippen molar-refractivity contribution in [3.63, 3.8) is 0 Å². The predicted molar refractivity (Wildman–Crippen MR) is 102 cm³/mol. The second kappa shape index (κ2) is 8.23. The lowest BCUT2D eigenvalue weighted by Crippen LogP contribution is -2.43. The van der Waals surface area contributed by atoms with E-state index in [1.807, 2.05) is 33.7 Å². The Hall–Kier alpha value is -1.53. The normalized spacial score (nSPS) is 17.7. The third kappa shape index (κ3) is 4.18. The van der Waals surface area contributed by atoms with Crippen molar-refractivity contribution in [1.29, 1.82) is 0 Å². The van der Waals surface area contributed by atoms with Gasteiger partial charge < -0.3 is 9.47 Å². The second-order valence-corrected chi connectivity index (χ2v) is 7.66. The van der Waals surface area contributed by atoms with Crippen LogP contribution >= 0.6 is 23.4 Å². The molecule has 1 atom stereocenters. The Bertz CT molecular complexity index is 731. The van der Waals surface area contributed by atoms with Crippen LogP contribution in [0.15, 0.2) is 29.4 Å². The molecule has 2 aromatic rings. The van der Waals surface area contributed by atoms with Gasteiger partial charge in [-0.3, -0.25) is 4.79 Å². The standard InChI is InChI=1S/C18H23ClN4OS/c1-3-22-17(14-7-9-15(19)10-8-14)20-21-18(22)25-12-16(24)23-11-5-4-6-13(23)2/h7-10,13H,3-6,11-12H2,1-2H3/t13-/m1/s1. The lowest BCUT2D eigenvalue weighted by molar-refractivity contribution is -0.131. The highest BCUT2D eigenvalue weighted by Gasteiger charge is 2.24. The van der Waals surface area contributed by atoms with E-state index < -0.39 is 0 Å². The summed E-state index contributed by atoms with van der Waals surface area (Å²) in [6.07, 6.45) is 3.42. The first kappa shape index (κ1) is 18.3. The molecule has 1 fully saturated rings. The first-order valence-electron chi connectivity index (χ1n) is 8.71. The van der Waals surface area contributed by atoms with E-state index in [0.29, 0.717) is 16.8 Å². The summed E-state index contributed by atoms with van der Waals surface area (Å²) in [7, 11) is 0. The highest BCUT2D eigenvalue weighted by atomic mass is 35.5. The van der Waals surface area contributed by atoms with Gasteiger partial charge in [-0.25, -0.2) is 0 Å². The Morgan fingerprint density at radius 1 is 1.28 bits per heavy atom. The van der Waals surface area contributed by atoms with Crippen molar-refractivity contribution >= 4 is 29.3 Å². The zero-order valence-electron chi connectivity index (χ0n) is 14.6. The number of aromatic nitrogens is 3. The number of nitrogens with zero attached hydrogens (tertiary/aromatic N) is 4. The zero-order valence-corrected chi connectivity index (χ0v) is 16.2. The zero-order chi connectivity index (χ0) is 17.8. The van der Waals surface area contributed by atoms with Crippen LogP contribution < -0.4 is 0 Å². The maximum atomic E-state index is 12.5. The Labute approximate surface area is 157 Å². The summed E-state index contributed by atoms with van der Waals surface area (Å²) in [6, 6.07) is 7.91. The highest BCUT2D eigenvalue weighted by molar-refractivity contribution is 7.99. The van der Waals surface area contributed by atoms with Gasteiger partial charge in [0.15, 0.2) is 11.0 Å². The van der Waals surface area contributed by atoms with Gasteiger partial charge in [0.2, 0.25) is 5.91 Å². The minimum atomic E-state index is 0.191. The molecular formula is C18H23ClN4OS. The lowest BCUT2D eigenvalue weighted by Gasteiger charge is -2.33. The van der Waals surface area contributed by atoms with Gasteiger partial charge in [0.25, 0.3) is 0 Å². The number of piperidine rings is 1. The first-order valence-corrected chi connectivity index (χ1v) is 10.1. The molecule has 0 bridgehead atoms. The van der Waals surface area contributed by atoms with Crippen molar-refractivity contribution in [1.82, 2.24) is 19.7 Å². The Morgan fingerprint density at radius 2 is 2.04 bits per heavy atom. The van der Waals surface area contributed by atoms with Gasteiger partial charge in [0.1, 0.15) is 0 Å². The molecular weight excluding hydrogens is 356 g/mol. The monoisotopic (exact) mass is 378 g/mol. The quantitative estimate of drug-likeness (QED) is 0.734. The third-order valence-electron chi connectivity index (χ3n) is 4.58. The molecule has 0 saturated carbocycles. The van der Waals surface area contributed by atoms with Gasteiger partial charge >= 0.3 is 0 Å². The van der Waals surface area contributed by atoms with Crippen LogP contribution in [0.5, 0.6) is 0 Å². The van der Waals surface area contributed by atoms with Gasteiger partial charge in [-0.15, -0.1) is 10.2 Å². The molecule has 0 spiro atoms. The van der Waals surface area contributed by atoms with Gasteiger partial charge in [-0.2, -0.15) is 0 Å². The predicted octanol–water partition coefficient (Wildman–Crippen LogP) is 4.11. The van der Waals surface area contributed by atoms with E-state index in [4.69, 9.17) is 11.6 Å². The molecule has 0 aliphatic carbocycles. The molecule has 3 rings (SSSR count). The third-order valence-corrected chi connectivity index (χ3v) is 5.79. The number of amides is 1. The molecule has 1 aliphatic heterocycles. The average molecular weight is 379 g/mol. The summed E-state index contributed by atoms with van der Waals surface area (Å²) in [5.74, 6) is 1.40. The summed E-state index contributed by atoms with van der Waals surface area (Å²) in [5.41, 5.74) is 0.974. The summed E-state index contributed by atoms with van der Waals surface area (Å²) in [5, 5.41) is 10.1. The van der Waals surface area contributed by atoms with Crippen LogP contribution in [0.25, 0.3) is 11.4 Å². The van der Waals surface area contributed by atoms with Crippen molar-refractivity contribution in [3.05, 3.63) is 29.3 Å². The number of halogens is 1. The van der Waals surface area contributed by atoms with E-state index in [2.05, 4.69) is 24.0 Å². The van der Waals surface area contributed by atoms with Crippen LogP contribution in [0.3, 0.4) is 0 Å². The number of thioether (sulfide) groups is 1. The number of carbonyl (C=O) groups excluding carboxylic acids is 1. The molecule has 134 valence electrons. The fraction of sp³-hybridized carbons (Fsp3) is 0.500. The van der Waals surface area contributed by atoms with Gasteiger partial charge in [-0.05, 0) is 57.4 Å². The van der Waals surface area contributed by atoms with E-state index in [0.717, 1.165) is 42.5 Å². The molecule has 1 aromatic heterocycles. The molecule has 0 radical (unpaired) electrons. The molecule has 1 aliphatic rings. The van der Waals surface area contributed by atoms with Crippen molar-refractivity contribution in [2.24, 2.45) is 0 Å². The SMILES string of the molecule is CCn1c(SCC(=O)N2CCCC[C@H]2C)nnc1-c1ccc(Cl)cc1. The summed E-state index contributed by atoms with van der Waals surface area (Å²) in [4.78, 5) is 14.5. The van der Waals surface area contributed by atoms with Crippen molar-refractivity contribution in [3.8, 4) is 11.4 Å². The molecule has 1 amide bonds.